The zero-order valence-corrected chi connectivity index (χ0v) is 16.9. The van der Waals surface area contributed by atoms with Gasteiger partial charge in [0.15, 0.2) is 23.3 Å². The van der Waals surface area contributed by atoms with Crippen molar-refractivity contribution in [1.82, 2.24) is 0 Å². The topological polar surface area (TPSA) is 52.6 Å². The summed E-state index contributed by atoms with van der Waals surface area (Å²) in [5, 5.41) is 0. The Hall–Kier alpha value is -2.97. The van der Waals surface area contributed by atoms with E-state index in [1.165, 1.54) is 24.3 Å². The Bertz CT molecular complexity index is 932. The molecule has 31 heavy (non-hydrogen) atoms. The molecule has 0 aromatic heterocycles. The van der Waals surface area contributed by atoms with E-state index in [0.717, 1.165) is 26.2 Å². The predicted molar refractivity (Wildman–Crippen MR) is 101 cm³/mol. The van der Waals surface area contributed by atoms with Crippen LogP contribution in [0.4, 0.5) is 22.0 Å². The molecule has 0 saturated heterocycles. The van der Waals surface area contributed by atoms with Gasteiger partial charge in [0.05, 0.1) is 23.3 Å². The van der Waals surface area contributed by atoms with Crippen molar-refractivity contribution in [1.29, 1.82) is 0 Å². The Morgan fingerprint density at radius 2 is 1.32 bits per heavy atom. The van der Waals surface area contributed by atoms with Gasteiger partial charge >= 0.3 is 11.9 Å². The summed E-state index contributed by atoms with van der Waals surface area (Å²) in [5.74, 6) is -12.8. The van der Waals surface area contributed by atoms with Crippen LogP contribution in [-0.2, 0) is 9.47 Å². The van der Waals surface area contributed by atoms with Gasteiger partial charge in [-0.2, -0.15) is 0 Å². The smallest absolute Gasteiger partial charge is 0.339 e. The molecule has 0 heterocycles. The Balaban J connectivity index is 2.19. The molecule has 0 aliphatic carbocycles. The molecule has 0 bridgehead atoms. The lowest BCUT2D eigenvalue weighted by Gasteiger charge is -2.17. The van der Waals surface area contributed by atoms with Gasteiger partial charge in [-0.25, -0.2) is 31.5 Å². The van der Waals surface area contributed by atoms with E-state index in [9.17, 15) is 31.5 Å². The molecule has 0 fully saturated rings. The lowest BCUT2D eigenvalue weighted by atomic mass is 10.1. The van der Waals surface area contributed by atoms with Crippen LogP contribution in [0.25, 0.3) is 0 Å². The van der Waals surface area contributed by atoms with E-state index in [1.807, 2.05) is 6.92 Å². The quantitative estimate of drug-likeness (QED) is 0.156. The molecule has 1 unspecified atom stereocenters. The summed E-state index contributed by atoms with van der Waals surface area (Å²) in [7, 11) is 0. The van der Waals surface area contributed by atoms with Crippen LogP contribution in [0.5, 0.6) is 0 Å². The van der Waals surface area contributed by atoms with Gasteiger partial charge in [0.25, 0.3) is 0 Å². The maximum atomic E-state index is 14.0. The highest BCUT2D eigenvalue weighted by atomic mass is 19.2. The summed E-state index contributed by atoms with van der Waals surface area (Å²) in [4.78, 5) is 24.8. The number of rotatable bonds is 9. The molecule has 0 N–H and O–H groups in total. The zero-order chi connectivity index (χ0) is 23.1. The summed E-state index contributed by atoms with van der Waals surface area (Å²) in [6.07, 6.45) is 1.67. The van der Waals surface area contributed by atoms with Gasteiger partial charge in [0.2, 0.25) is 5.82 Å². The molecule has 168 valence electrons. The fourth-order valence-electron chi connectivity index (χ4n) is 2.87. The number of carbonyl (C=O) groups is 2. The third-order valence-corrected chi connectivity index (χ3v) is 4.53. The third kappa shape index (κ3) is 5.59. The first-order valence-electron chi connectivity index (χ1n) is 9.69. The van der Waals surface area contributed by atoms with E-state index in [1.54, 1.807) is 0 Å². The van der Waals surface area contributed by atoms with Gasteiger partial charge in [-0.1, -0.05) is 38.3 Å². The highest BCUT2D eigenvalue weighted by molar-refractivity contribution is 6.03. The number of ether oxygens (including phenoxy) is 2. The van der Waals surface area contributed by atoms with Crippen LogP contribution in [0.3, 0.4) is 0 Å². The molecule has 0 amide bonds. The van der Waals surface area contributed by atoms with Gasteiger partial charge < -0.3 is 9.47 Å². The molecule has 0 aliphatic rings. The van der Waals surface area contributed by atoms with Crippen molar-refractivity contribution < 1.29 is 41.0 Å². The van der Waals surface area contributed by atoms with Crippen LogP contribution >= 0.6 is 0 Å². The minimum absolute atomic E-state index is 0.142. The molecule has 0 aliphatic heterocycles. The van der Waals surface area contributed by atoms with Crippen molar-refractivity contribution in [2.75, 3.05) is 6.61 Å². The molecular formula is C22H21F5O4. The van der Waals surface area contributed by atoms with Crippen LogP contribution in [0.2, 0.25) is 0 Å². The van der Waals surface area contributed by atoms with Crippen LogP contribution in [-0.4, -0.2) is 18.5 Å². The third-order valence-electron chi connectivity index (χ3n) is 4.53. The molecular weight excluding hydrogens is 423 g/mol. The fourth-order valence-corrected chi connectivity index (χ4v) is 2.87. The van der Waals surface area contributed by atoms with E-state index < -0.39 is 52.7 Å². The summed E-state index contributed by atoms with van der Waals surface area (Å²) >= 11 is 0. The SMILES string of the molecule is CCCCCCOC(=O)c1ccccc1C(=O)OC(C)c1c(F)c(F)c(F)c(F)c1F. The van der Waals surface area contributed by atoms with Crippen molar-refractivity contribution in [2.24, 2.45) is 0 Å². The van der Waals surface area contributed by atoms with E-state index in [0.29, 0.717) is 6.42 Å². The maximum absolute atomic E-state index is 14.0. The normalized spacial score (nSPS) is 11.8. The second kappa shape index (κ2) is 10.9. The van der Waals surface area contributed by atoms with Gasteiger partial charge in [-0.3, -0.25) is 0 Å². The van der Waals surface area contributed by atoms with Crippen LogP contribution in [0.15, 0.2) is 24.3 Å². The standard InChI is InChI=1S/C22H21F5O4/c1-3-4-5-8-11-30-21(28)13-9-6-7-10-14(13)22(29)31-12(2)15-16(23)18(25)20(27)19(26)17(15)24/h6-7,9-10,12H,3-5,8,11H2,1-2H3. The van der Waals surface area contributed by atoms with Gasteiger partial charge in [-0.15, -0.1) is 0 Å². The molecule has 1 atom stereocenters. The number of unbranched alkanes of at least 4 members (excludes halogenated alkanes) is 3. The average Bonchev–Trinajstić information content (AvgIpc) is 2.76. The van der Waals surface area contributed by atoms with Gasteiger partial charge in [0.1, 0.15) is 6.10 Å². The molecule has 2 aromatic rings. The molecule has 0 radical (unpaired) electrons. The monoisotopic (exact) mass is 444 g/mol. The van der Waals surface area contributed by atoms with Crippen molar-refractivity contribution >= 4 is 11.9 Å². The minimum atomic E-state index is -2.32. The van der Waals surface area contributed by atoms with Gasteiger partial charge in [-0.05, 0) is 25.5 Å². The van der Waals surface area contributed by atoms with E-state index in [4.69, 9.17) is 9.47 Å². The molecule has 0 saturated carbocycles. The number of benzene rings is 2. The lowest BCUT2D eigenvalue weighted by molar-refractivity contribution is 0.0307. The van der Waals surface area contributed by atoms with Gasteiger partial charge in [0, 0.05) is 0 Å². The second-order valence-corrected chi connectivity index (χ2v) is 6.77. The largest absolute Gasteiger partial charge is 0.462 e. The lowest BCUT2D eigenvalue weighted by Crippen LogP contribution is -2.18. The summed E-state index contributed by atoms with van der Waals surface area (Å²) < 4.78 is 78.0. The van der Waals surface area contributed by atoms with Crippen molar-refractivity contribution in [3.63, 3.8) is 0 Å². The number of hydrogen-bond acceptors (Lipinski definition) is 4. The summed E-state index contributed by atoms with van der Waals surface area (Å²) in [5.41, 5.74) is -1.70. The number of halogens is 5. The maximum Gasteiger partial charge on any atom is 0.339 e. The summed E-state index contributed by atoms with van der Waals surface area (Å²) in [6, 6.07) is 5.41. The van der Waals surface area contributed by atoms with Crippen LogP contribution in [0, 0.1) is 29.1 Å². The molecule has 9 heteroatoms. The van der Waals surface area contributed by atoms with Crippen molar-refractivity contribution in [3.8, 4) is 0 Å². The van der Waals surface area contributed by atoms with E-state index in [-0.39, 0.29) is 17.7 Å². The molecule has 2 rings (SSSR count). The highest BCUT2D eigenvalue weighted by Gasteiger charge is 2.31. The molecule has 4 nitrogen and oxygen atoms in total. The molecule has 0 spiro atoms. The van der Waals surface area contributed by atoms with E-state index in [2.05, 4.69) is 0 Å². The van der Waals surface area contributed by atoms with Crippen LogP contribution < -0.4 is 0 Å². The first kappa shape index (κ1) is 24.3. The summed E-state index contributed by atoms with van der Waals surface area (Å²) in [6.45, 7) is 3.12. The van der Waals surface area contributed by atoms with Crippen molar-refractivity contribution in [2.45, 2.75) is 45.6 Å². The first-order valence-corrected chi connectivity index (χ1v) is 9.69. The second-order valence-electron chi connectivity index (χ2n) is 6.77. The number of hydrogen-bond donors (Lipinski definition) is 0. The predicted octanol–water partition coefficient (Wildman–Crippen LogP) is 6.04. The Morgan fingerprint density at radius 1 is 0.806 bits per heavy atom. The Labute approximate surface area is 176 Å². The number of carbonyl (C=O) groups excluding carboxylic acids is 2. The average molecular weight is 444 g/mol. The first-order chi connectivity index (χ1) is 14.7. The Morgan fingerprint density at radius 3 is 1.87 bits per heavy atom. The fraction of sp³-hybridized carbons (Fsp3) is 0.364. The number of esters is 2. The molecule has 2 aromatic carbocycles. The Kier molecular flexibility index (Phi) is 8.53. The highest BCUT2D eigenvalue weighted by Crippen LogP contribution is 2.30. The van der Waals surface area contributed by atoms with Crippen molar-refractivity contribution in [3.05, 3.63) is 70.0 Å². The minimum Gasteiger partial charge on any atom is -0.462 e. The van der Waals surface area contributed by atoms with E-state index >= 15 is 0 Å². The van der Waals surface area contributed by atoms with Crippen LogP contribution in [0.1, 0.15) is 71.9 Å². The zero-order valence-electron chi connectivity index (χ0n) is 16.9.